The minimum atomic E-state index is -0.821. The van der Waals surface area contributed by atoms with Gasteiger partial charge in [0.1, 0.15) is 0 Å². The third-order valence-electron chi connectivity index (χ3n) is 2.57. The highest BCUT2D eigenvalue weighted by Gasteiger charge is 2.28. The Labute approximate surface area is 98.0 Å². The molecule has 94 valence electrons. The van der Waals surface area contributed by atoms with Gasteiger partial charge in [-0.25, -0.2) is 4.39 Å². The number of nitrogens with zero attached hydrogens (tertiary/aromatic N) is 1. The SMILES string of the molecule is COc1c(F)cc([N+](=O)[O-])cc1C(C)(C)CO. The van der Waals surface area contributed by atoms with Crippen molar-refractivity contribution in [3.8, 4) is 5.75 Å². The van der Waals surface area contributed by atoms with Crippen molar-refractivity contribution in [2.24, 2.45) is 0 Å². The van der Waals surface area contributed by atoms with Crippen LogP contribution in [0.5, 0.6) is 5.75 Å². The molecule has 0 heterocycles. The number of nitro benzene ring substituents is 1. The first-order valence-corrected chi connectivity index (χ1v) is 4.96. The second-order valence-corrected chi connectivity index (χ2v) is 4.31. The Morgan fingerprint density at radius 3 is 2.53 bits per heavy atom. The number of aliphatic hydroxyl groups excluding tert-OH is 1. The summed E-state index contributed by atoms with van der Waals surface area (Å²) in [6.45, 7) is 3.02. The zero-order valence-corrected chi connectivity index (χ0v) is 9.86. The highest BCUT2D eigenvalue weighted by atomic mass is 19.1. The summed E-state index contributed by atoms with van der Waals surface area (Å²) in [6.07, 6.45) is 0. The monoisotopic (exact) mass is 243 g/mol. The maximum atomic E-state index is 13.6. The number of aliphatic hydroxyl groups is 1. The van der Waals surface area contributed by atoms with E-state index < -0.39 is 16.2 Å². The number of halogens is 1. The average molecular weight is 243 g/mol. The van der Waals surface area contributed by atoms with Crippen molar-refractivity contribution in [2.75, 3.05) is 13.7 Å². The fourth-order valence-corrected chi connectivity index (χ4v) is 1.48. The number of non-ortho nitro benzene ring substituents is 1. The van der Waals surface area contributed by atoms with Crippen LogP contribution in [0.1, 0.15) is 19.4 Å². The average Bonchev–Trinajstić information content (AvgIpc) is 2.27. The Morgan fingerprint density at radius 1 is 1.53 bits per heavy atom. The molecule has 0 spiro atoms. The Kier molecular flexibility index (Phi) is 3.67. The van der Waals surface area contributed by atoms with Crippen LogP contribution in [-0.2, 0) is 5.41 Å². The Balaban J connectivity index is 3.49. The van der Waals surface area contributed by atoms with Crippen molar-refractivity contribution in [2.45, 2.75) is 19.3 Å². The van der Waals surface area contributed by atoms with E-state index in [4.69, 9.17) is 4.74 Å². The number of rotatable bonds is 4. The second-order valence-electron chi connectivity index (χ2n) is 4.31. The molecule has 0 bridgehead atoms. The zero-order chi connectivity index (χ0) is 13.2. The lowest BCUT2D eigenvalue weighted by Gasteiger charge is -2.24. The van der Waals surface area contributed by atoms with Crippen LogP contribution >= 0.6 is 0 Å². The second kappa shape index (κ2) is 4.67. The van der Waals surface area contributed by atoms with E-state index in [1.165, 1.54) is 13.2 Å². The molecular formula is C11H14FNO4. The summed E-state index contributed by atoms with van der Waals surface area (Å²) in [7, 11) is 1.28. The quantitative estimate of drug-likeness (QED) is 0.648. The van der Waals surface area contributed by atoms with E-state index in [1.807, 2.05) is 0 Å². The lowest BCUT2D eigenvalue weighted by molar-refractivity contribution is -0.385. The number of hydrogen-bond acceptors (Lipinski definition) is 4. The van der Waals surface area contributed by atoms with Gasteiger partial charge in [0, 0.05) is 17.0 Å². The molecule has 0 atom stereocenters. The molecule has 0 aliphatic rings. The molecule has 6 heteroatoms. The summed E-state index contributed by atoms with van der Waals surface area (Å²) in [5, 5.41) is 19.9. The van der Waals surface area contributed by atoms with Crippen molar-refractivity contribution in [3.05, 3.63) is 33.6 Å². The van der Waals surface area contributed by atoms with Gasteiger partial charge in [-0.15, -0.1) is 0 Å². The molecule has 0 fully saturated rings. The van der Waals surface area contributed by atoms with Gasteiger partial charge in [-0.05, 0) is 0 Å². The van der Waals surface area contributed by atoms with E-state index in [0.29, 0.717) is 0 Å². The lowest BCUT2D eigenvalue weighted by Crippen LogP contribution is -2.23. The number of ether oxygens (including phenoxy) is 1. The summed E-state index contributed by atoms with van der Waals surface area (Å²) in [4.78, 5) is 9.97. The standard InChI is InChI=1S/C11H14FNO4/c1-11(2,6-14)8-4-7(13(15)16)5-9(12)10(8)17-3/h4-5,14H,6H2,1-3H3. The van der Waals surface area contributed by atoms with Crippen LogP contribution in [-0.4, -0.2) is 23.7 Å². The molecule has 0 amide bonds. The highest BCUT2D eigenvalue weighted by Crippen LogP contribution is 2.36. The van der Waals surface area contributed by atoms with Crippen molar-refractivity contribution in [3.63, 3.8) is 0 Å². The van der Waals surface area contributed by atoms with Gasteiger partial charge in [-0.1, -0.05) is 13.8 Å². The van der Waals surface area contributed by atoms with E-state index in [9.17, 15) is 19.6 Å². The molecule has 0 aliphatic carbocycles. The Bertz CT molecular complexity index is 445. The zero-order valence-electron chi connectivity index (χ0n) is 9.86. The Morgan fingerprint density at radius 2 is 2.12 bits per heavy atom. The third kappa shape index (κ3) is 2.52. The normalized spacial score (nSPS) is 11.4. The van der Waals surface area contributed by atoms with E-state index in [1.54, 1.807) is 13.8 Å². The number of benzene rings is 1. The van der Waals surface area contributed by atoms with Crippen molar-refractivity contribution in [1.82, 2.24) is 0 Å². The van der Waals surface area contributed by atoms with Crippen LogP contribution in [0.4, 0.5) is 10.1 Å². The topological polar surface area (TPSA) is 72.6 Å². The van der Waals surface area contributed by atoms with Crippen LogP contribution in [0.25, 0.3) is 0 Å². The van der Waals surface area contributed by atoms with Crippen molar-refractivity contribution >= 4 is 5.69 Å². The van der Waals surface area contributed by atoms with Crippen LogP contribution in [0.2, 0.25) is 0 Å². The predicted octanol–water partition coefficient (Wildman–Crippen LogP) is 2.01. The van der Waals surface area contributed by atoms with Gasteiger partial charge in [0.15, 0.2) is 11.6 Å². The van der Waals surface area contributed by atoms with Gasteiger partial charge in [-0.3, -0.25) is 10.1 Å². The van der Waals surface area contributed by atoms with Gasteiger partial charge in [0.05, 0.1) is 24.7 Å². The molecular weight excluding hydrogens is 229 g/mol. The maximum Gasteiger partial charge on any atom is 0.272 e. The molecule has 1 N–H and O–H groups in total. The number of methoxy groups -OCH3 is 1. The first-order valence-electron chi connectivity index (χ1n) is 4.96. The van der Waals surface area contributed by atoms with Crippen LogP contribution in [0.15, 0.2) is 12.1 Å². The number of hydrogen-bond donors (Lipinski definition) is 1. The first-order chi connectivity index (χ1) is 7.83. The fourth-order valence-electron chi connectivity index (χ4n) is 1.48. The van der Waals surface area contributed by atoms with E-state index >= 15 is 0 Å². The molecule has 0 saturated carbocycles. The third-order valence-corrected chi connectivity index (χ3v) is 2.57. The molecule has 17 heavy (non-hydrogen) atoms. The predicted molar refractivity (Wildman–Crippen MR) is 59.7 cm³/mol. The molecule has 5 nitrogen and oxygen atoms in total. The smallest absolute Gasteiger partial charge is 0.272 e. The molecule has 1 rings (SSSR count). The van der Waals surface area contributed by atoms with E-state index in [0.717, 1.165) is 6.07 Å². The van der Waals surface area contributed by atoms with Crippen LogP contribution in [0.3, 0.4) is 0 Å². The summed E-state index contributed by atoms with van der Waals surface area (Å²) in [5.74, 6) is -0.882. The van der Waals surface area contributed by atoms with Gasteiger partial charge in [-0.2, -0.15) is 0 Å². The van der Waals surface area contributed by atoms with Crippen LogP contribution < -0.4 is 4.74 Å². The van der Waals surface area contributed by atoms with E-state index in [-0.39, 0.29) is 23.6 Å². The van der Waals surface area contributed by atoms with E-state index in [2.05, 4.69) is 0 Å². The minimum absolute atomic E-state index is 0.0744. The highest BCUT2D eigenvalue weighted by molar-refractivity contribution is 5.48. The van der Waals surface area contributed by atoms with Crippen molar-refractivity contribution < 1.29 is 19.2 Å². The fraction of sp³-hybridized carbons (Fsp3) is 0.455. The maximum absolute atomic E-state index is 13.6. The molecule has 0 saturated heterocycles. The van der Waals surface area contributed by atoms with Crippen molar-refractivity contribution in [1.29, 1.82) is 0 Å². The van der Waals surface area contributed by atoms with Gasteiger partial charge in [0.25, 0.3) is 5.69 Å². The Hall–Kier alpha value is -1.69. The molecule has 1 aromatic rings. The summed E-state index contributed by atoms with van der Waals surface area (Å²) >= 11 is 0. The summed E-state index contributed by atoms with van der Waals surface area (Å²) < 4.78 is 18.5. The van der Waals surface area contributed by atoms with Crippen LogP contribution in [0, 0.1) is 15.9 Å². The summed E-state index contributed by atoms with van der Waals surface area (Å²) in [5.41, 5.74) is -0.910. The molecule has 1 aromatic carbocycles. The molecule has 0 aliphatic heterocycles. The van der Waals surface area contributed by atoms with Gasteiger partial charge >= 0.3 is 0 Å². The van der Waals surface area contributed by atoms with Gasteiger partial charge < -0.3 is 9.84 Å². The van der Waals surface area contributed by atoms with Gasteiger partial charge in [0.2, 0.25) is 0 Å². The minimum Gasteiger partial charge on any atom is -0.493 e. The molecule has 0 radical (unpaired) electrons. The molecule has 0 aromatic heterocycles. The molecule has 0 unspecified atom stereocenters. The first kappa shape index (κ1) is 13.4. The summed E-state index contributed by atoms with van der Waals surface area (Å²) in [6, 6.07) is 2.02. The largest absolute Gasteiger partial charge is 0.493 e. The lowest BCUT2D eigenvalue weighted by atomic mass is 9.84. The number of nitro groups is 1.